The van der Waals surface area contributed by atoms with Gasteiger partial charge in [0, 0.05) is 30.4 Å². The predicted molar refractivity (Wildman–Crippen MR) is 136 cm³/mol. The number of pyridine rings is 2. The summed E-state index contributed by atoms with van der Waals surface area (Å²) in [5.74, 6) is 2.22. The average molecular weight is 472 g/mol. The highest BCUT2D eigenvalue weighted by atomic mass is 32.1. The Balaban J connectivity index is 1.68. The highest BCUT2D eigenvalue weighted by Crippen LogP contribution is 2.45. The van der Waals surface area contributed by atoms with Gasteiger partial charge in [0.05, 0.1) is 31.6 Å². The molecule has 1 aliphatic rings. The molecule has 0 radical (unpaired) electrons. The number of aromatic nitrogens is 3. The van der Waals surface area contributed by atoms with Crippen molar-refractivity contribution in [2.24, 2.45) is 0 Å². The fourth-order valence-corrected chi connectivity index (χ4v) is 4.68. The SMILES string of the molecule is COc1ccc(N2C(=S)N[C@@H](c3ccccn3)[C@@H]2c2cccn2-c2ccc(C)cn2)c(OC)c1. The summed E-state index contributed by atoms with van der Waals surface area (Å²) >= 11 is 5.87. The molecule has 0 aliphatic carbocycles. The van der Waals surface area contributed by atoms with Crippen molar-refractivity contribution in [1.29, 1.82) is 0 Å². The van der Waals surface area contributed by atoms with Gasteiger partial charge in [-0.15, -0.1) is 0 Å². The number of nitrogens with zero attached hydrogens (tertiary/aromatic N) is 4. The third kappa shape index (κ3) is 3.86. The molecule has 0 amide bonds. The Bertz CT molecular complexity index is 1310. The quantitative estimate of drug-likeness (QED) is 0.407. The number of hydrogen-bond acceptors (Lipinski definition) is 5. The summed E-state index contributed by atoms with van der Waals surface area (Å²) in [5.41, 5.74) is 3.87. The van der Waals surface area contributed by atoms with E-state index in [1.165, 1.54) is 0 Å². The maximum atomic E-state index is 5.87. The smallest absolute Gasteiger partial charge is 0.174 e. The number of methoxy groups -OCH3 is 2. The van der Waals surface area contributed by atoms with E-state index in [0.717, 1.165) is 28.5 Å². The lowest BCUT2D eigenvalue weighted by molar-refractivity contribution is 0.394. The summed E-state index contributed by atoms with van der Waals surface area (Å²) in [5, 5.41) is 4.09. The van der Waals surface area contributed by atoms with Crippen LogP contribution in [0, 0.1) is 6.92 Å². The fourth-order valence-electron chi connectivity index (χ4n) is 4.35. The van der Waals surface area contributed by atoms with Crippen molar-refractivity contribution in [1.82, 2.24) is 19.9 Å². The molecule has 34 heavy (non-hydrogen) atoms. The highest BCUT2D eigenvalue weighted by Gasteiger charge is 2.43. The first-order chi connectivity index (χ1) is 16.6. The van der Waals surface area contributed by atoms with E-state index in [-0.39, 0.29) is 12.1 Å². The lowest BCUT2D eigenvalue weighted by Crippen LogP contribution is -2.30. The molecule has 0 bridgehead atoms. The Morgan fingerprint density at radius 1 is 0.971 bits per heavy atom. The number of anilines is 1. The summed E-state index contributed by atoms with van der Waals surface area (Å²) in [4.78, 5) is 11.4. The zero-order valence-corrected chi connectivity index (χ0v) is 20.0. The van der Waals surface area contributed by atoms with E-state index >= 15 is 0 Å². The number of aryl methyl sites for hydroxylation is 1. The minimum Gasteiger partial charge on any atom is -0.497 e. The molecule has 0 spiro atoms. The minimum absolute atomic E-state index is 0.181. The van der Waals surface area contributed by atoms with Crippen molar-refractivity contribution in [3.63, 3.8) is 0 Å². The lowest BCUT2D eigenvalue weighted by atomic mass is 10.0. The van der Waals surface area contributed by atoms with Gasteiger partial charge in [0.2, 0.25) is 0 Å². The number of ether oxygens (including phenoxy) is 2. The highest BCUT2D eigenvalue weighted by molar-refractivity contribution is 7.80. The van der Waals surface area contributed by atoms with Gasteiger partial charge in [0.25, 0.3) is 0 Å². The molecule has 3 aromatic heterocycles. The zero-order chi connectivity index (χ0) is 23.7. The van der Waals surface area contributed by atoms with Crippen LogP contribution in [0.2, 0.25) is 0 Å². The summed E-state index contributed by atoms with van der Waals surface area (Å²) in [6.45, 7) is 2.03. The number of benzene rings is 1. The van der Waals surface area contributed by atoms with Gasteiger partial charge in [-0.2, -0.15) is 0 Å². The second kappa shape index (κ2) is 9.15. The Morgan fingerprint density at radius 3 is 2.56 bits per heavy atom. The predicted octanol–water partition coefficient (Wildman–Crippen LogP) is 4.77. The molecular formula is C26H25N5O2S. The third-order valence-electron chi connectivity index (χ3n) is 5.97. The standard InChI is InChI=1S/C26H25N5O2S/c1-17-9-12-23(28-16-17)30-14-6-8-21(30)25-24(19-7-4-5-13-27-19)29-26(34)31(25)20-11-10-18(32-2)15-22(20)33-3/h4-16,24-25H,1-3H3,(H,29,34)/t24-,25-/m0/s1. The molecule has 172 valence electrons. The van der Waals surface area contributed by atoms with Crippen molar-refractivity contribution < 1.29 is 9.47 Å². The molecule has 4 aromatic rings. The fraction of sp³-hybridized carbons (Fsp3) is 0.192. The summed E-state index contributed by atoms with van der Waals surface area (Å²) in [6, 6.07) is 19.5. The van der Waals surface area contributed by atoms with Gasteiger partial charge in [-0.25, -0.2) is 4.98 Å². The van der Waals surface area contributed by atoms with Gasteiger partial charge < -0.3 is 24.3 Å². The van der Waals surface area contributed by atoms with Gasteiger partial charge in [-0.1, -0.05) is 12.1 Å². The molecule has 1 saturated heterocycles. The van der Waals surface area contributed by atoms with E-state index in [2.05, 4.69) is 36.9 Å². The number of thiocarbonyl (C=S) groups is 1. The topological polar surface area (TPSA) is 64.4 Å². The van der Waals surface area contributed by atoms with E-state index in [9.17, 15) is 0 Å². The zero-order valence-electron chi connectivity index (χ0n) is 19.2. The van der Waals surface area contributed by atoms with Crippen LogP contribution >= 0.6 is 12.2 Å². The summed E-state index contributed by atoms with van der Waals surface area (Å²) in [7, 11) is 3.28. The molecule has 1 N–H and O–H groups in total. The lowest BCUT2D eigenvalue weighted by Gasteiger charge is -2.30. The molecule has 0 unspecified atom stereocenters. The Hall–Kier alpha value is -3.91. The molecule has 1 aliphatic heterocycles. The van der Waals surface area contributed by atoms with Crippen LogP contribution in [-0.2, 0) is 0 Å². The van der Waals surface area contributed by atoms with Gasteiger partial charge >= 0.3 is 0 Å². The minimum atomic E-state index is -0.206. The molecule has 0 saturated carbocycles. The van der Waals surface area contributed by atoms with Crippen molar-refractivity contribution in [3.8, 4) is 17.3 Å². The van der Waals surface area contributed by atoms with Crippen molar-refractivity contribution in [2.45, 2.75) is 19.0 Å². The molecule has 1 fully saturated rings. The number of rotatable bonds is 6. The van der Waals surface area contributed by atoms with E-state index < -0.39 is 0 Å². The second-order valence-corrected chi connectivity index (χ2v) is 8.42. The third-order valence-corrected chi connectivity index (χ3v) is 6.28. The van der Waals surface area contributed by atoms with Gasteiger partial charge in [0.1, 0.15) is 23.4 Å². The van der Waals surface area contributed by atoms with Crippen LogP contribution in [0.1, 0.15) is 29.0 Å². The van der Waals surface area contributed by atoms with E-state index in [4.69, 9.17) is 21.7 Å². The van der Waals surface area contributed by atoms with E-state index in [0.29, 0.717) is 16.6 Å². The largest absolute Gasteiger partial charge is 0.497 e. The van der Waals surface area contributed by atoms with Crippen molar-refractivity contribution in [2.75, 3.05) is 19.1 Å². The first-order valence-corrected chi connectivity index (χ1v) is 11.3. The Kier molecular flexibility index (Phi) is 5.90. The first-order valence-electron chi connectivity index (χ1n) is 10.9. The first kappa shape index (κ1) is 21.9. The van der Waals surface area contributed by atoms with Gasteiger partial charge in [-0.3, -0.25) is 4.98 Å². The van der Waals surface area contributed by atoms with Crippen molar-refractivity contribution >= 4 is 23.0 Å². The molecule has 1 aromatic carbocycles. The normalized spacial score (nSPS) is 17.5. The molecule has 7 nitrogen and oxygen atoms in total. The van der Waals surface area contributed by atoms with Crippen LogP contribution < -0.4 is 19.7 Å². The van der Waals surface area contributed by atoms with Crippen LogP contribution in [0.25, 0.3) is 5.82 Å². The van der Waals surface area contributed by atoms with Crippen LogP contribution in [0.15, 0.2) is 79.3 Å². The maximum absolute atomic E-state index is 5.87. The van der Waals surface area contributed by atoms with Crippen LogP contribution in [0.5, 0.6) is 11.5 Å². The van der Waals surface area contributed by atoms with E-state index in [1.807, 2.05) is 67.8 Å². The molecular weight excluding hydrogens is 446 g/mol. The molecule has 4 heterocycles. The summed E-state index contributed by atoms with van der Waals surface area (Å²) < 4.78 is 13.2. The second-order valence-electron chi connectivity index (χ2n) is 8.03. The Morgan fingerprint density at radius 2 is 1.85 bits per heavy atom. The van der Waals surface area contributed by atoms with Crippen molar-refractivity contribution in [3.05, 3.63) is 96.2 Å². The Labute approximate surface area is 204 Å². The van der Waals surface area contributed by atoms with Gasteiger partial charge in [0.15, 0.2) is 5.11 Å². The molecule has 8 heteroatoms. The van der Waals surface area contributed by atoms with Crippen LogP contribution in [0.4, 0.5) is 5.69 Å². The van der Waals surface area contributed by atoms with E-state index in [1.54, 1.807) is 20.4 Å². The van der Waals surface area contributed by atoms with Gasteiger partial charge in [-0.05, 0) is 67.2 Å². The number of hydrogen-bond donors (Lipinski definition) is 1. The van der Waals surface area contributed by atoms with Crippen LogP contribution in [0.3, 0.4) is 0 Å². The average Bonchev–Trinajstić information content (AvgIpc) is 3.49. The molecule has 5 rings (SSSR count). The molecule has 2 atom stereocenters. The summed E-state index contributed by atoms with van der Waals surface area (Å²) in [6.07, 6.45) is 5.69. The number of nitrogens with one attached hydrogen (secondary N) is 1. The van der Waals surface area contributed by atoms with Crippen LogP contribution in [-0.4, -0.2) is 33.9 Å². The monoisotopic (exact) mass is 471 g/mol. The maximum Gasteiger partial charge on any atom is 0.174 e.